The van der Waals surface area contributed by atoms with Gasteiger partial charge in [0.2, 0.25) is 11.8 Å². The summed E-state index contributed by atoms with van der Waals surface area (Å²) in [6.07, 6.45) is 0.590. The minimum Gasteiger partial charge on any atom is -0.481 e. The fraction of sp³-hybridized carbons (Fsp3) is 0.421. The standard InChI is InChI=1S/C19H24N2O4/c1-12(2)9-15(19(23)24)11-20-17(22)10-16-13(3)25-18(21-16)14-7-5-4-6-8-14/h4-8,12,15H,9-11H2,1-3H3,(H,20,22)(H,23,24). The third-order valence-corrected chi connectivity index (χ3v) is 3.89. The number of oxazole rings is 1. The van der Waals surface area contributed by atoms with Crippen molar-refractivity contribution in [1.82, 2.24) is 10.3 Å². The molecule has 0 spiro atoms. The van der Waals surface area contributed by atoms with Crippen LogP contribution in [0.3, 0.4) is 0 Å². The lowest BCUT2D eigenvalue weighted by atomic mass is 9.97. The van der Waals surface area contributed by atoms with E-state index in [9.17, 15) is 14.7 Å². The summed E-state index contributed by atoms with van der Waals surface area (Å²) in [5.41, 5.74) is 1.41. The van der Waals surface area contributed by atoms with Gasteiger partial charge in [-0.1, -0.05) is 32.0 Å². The van der Waals surface area contributed by atoms with Gasteiger partial charge in [-0.25, -0.2) is 4.98 Å². The van der Waals surface area contributed by atoms with Crippen molar-refractivity contribution in [2.75, 3.05) is 6.54 Å². The average molecular weight is 344 g/mol. The van der Waals surface area contributed by atoms with Crippen molar-refractivity contribution >= 4 is 11.9 Å². The van der Waals surface area contributed by atoms with Crippen molar-refractivity contribution in [2.24, 2.45) is 11.8 Å². The molecule has 0 aliphatic rings. The molecule has 1 aromatic carbocycles. The number of nitrogens with one attached hydrogen (secondary N) is 1. The second-order valence-electron chi connectivity index (χ2n) is 6.53. The summed E-state index contributed by atoms with van der Waals surface area (Å²) in [7, 11) is 0. The van der Waals surface area contributed by atoms with E-state index in [4.69, 9.17) is 4.42 Å². The fourth-order valence-corrected chi connectivity index (χ4v) is 2.59. The minimum atomic E-state index is -0.891. The van der Waals surface area contributed by atoms with Crippen LogP contribution in [0.4, 0.5) is 0 Å². The molecule has 2 N–H and O–H groups in total. The van der Waals surface area contributed by atoms with E-state index >= 15 is 0 Å². The van der Waals surface area contributed by atoms with Crippen LogP contribution in [0.25, 0.3) is 11.5 Å². The zero-order valence-corrected chi connectivity index (χ0v) is 14.8. The van der Waals surface area contributed by atoms with E-state index in [1.54, 1.807) is 6.92 Å². The molecule has 1 atom stereocenters. The summed E-state index contributed by atoms with van der Waals surface area (Å²) >= 11 is 0. The van der Waals surface area contributed by atoms with Crippen LogP contribution in [0.15, 0.2) is 34.7 Å². The average Bonchev–Trinajstić information content (AvgIpc) is 2.92. The molecule has 0 saturated heterocycles. The predicted molar refractivity (Wildman–Crippen MR) is 94.0 cm³/mol. The molecule has 134 valence electrons. The number of benzene rings is 1. The van der Waals surface area contributed by atoms with Crippen LogP contribution in [-0.4, -0.2) is 28.5 Å². The number of carboxylic acids is 1. The van der Waals surface area contributed by atoms with Crippen molar-refractivity contribution in [2.45, 2.75) is 33.6 Å². The quantitative estimate of drug-likeness (QED) is 0.768. The highest BCUT2D eigenvalue weighted by Crippen LogP contribution is 2.21. The van der Waals surface area contributed by atoms with Crippen molar-refractivity contribution in [1.29, 1.82) is 0 Å². The molecule has 1 amide bonds. The lowest BCUT2D eigenvalue weighted by molar-refractivity contribution is -0.142. The van der Waals surface area contributed by atoms with Gasteiger partial charge in [-0.3, -0.25) is 9.59 Å². The first-order valence-electron chi connectivity index (χ1n) is 8.38. The zero-order valence-electron chi connectivity index (χ0n) is 14.8. The van der Waals surface area contributed by atoms with Gasteiger partial charge in [-0.15, -0.1) is 0 Å². The molecule has 1 unspecified atom stereocenters. The van der Waals surface area contributed by atoms with E-state index in [1.165, 1.54) is 0 Å². The fourth-order valence-electron chi connectivity index (χ4n) is 2.59. The van der Waals surface area contributed by atoms with Gasteiger partial charge in [0.1, 0.15) is 5.76 Å². The van der Waals surface area contributed by atoms with Crippen LogP contribution in [0, 0.1) is 18.8 Å². The first-order chi connectivity index (χ1) is 11.9. The normalized spacial score (nSPS) is 12.2. The van der Waals surface area contributed by atoms with Gasteiger partial charge < -0.3 is 14.8 Å². The number of amides is 1. The van der Waals surface area contributed by atoms with E-state index in [0.717, 1.165) is 5.56 Å². The Labute approximate surface area is 147 Å². The van der Waals surface area contributed by atoms with Gasteiger partial charge in [-0.05, 0) is 31.4 Å². The Morgan fingerprint density at radius 2 is 1.92 bits per heavy atom. The number of aromatic nitrogens is 1. The summed E-state index contributed by atoms with van der Waals surface area (Å²) < 4.78 is 5.63. The highest BCUT2D eigenvalue weighted by molar-refractivity contribution is 5.79. The number of carbonyl (C=O) groups excluding carboxylic acids is 1. The first-order valence-corrected chi connectivity index (χ1v) is 8.38. The number of hydrogen-bond donors (Lipinski definition) is 2. The Balaban J connectivity index is 1.96. The monoisotopic (exact) mass is 344 g/mol. The largest absolute Gasteiger partial charge is 0.481 e. The smallest absolute Gasteiger partial charge is 0.308 e. The van der Waals surface area contributed by atoms with Gasteiger partial charge in [0.15, 0.2) is 0 Å². The lowest BCUT2D eigenvalue weighted by Gasteiger charge is -2.15. The second-order valence-corrected chi connectivity index (χ2v) is 6.53. The number of carbonyl (C=O) groups is 2. The Hall–Kier alpha value is -2.63. The van der Waals surface area contributed by atoms with Gasteiger partial charge >= 0.3 is 5.97 Å². The molecule has 25 heavy (non-hydrogen) atoms. The number of aliphatic carboxylic acids is 1. The molecule has 1 heterocycles. The zero-order chi connectivity index (χ0) is 18.4. The van der Waals surface area contributed by atoms with Crippen LogP contribution >= 0.6 is 0 Å². The molecule has 2 rings (SSSR count). The van der Waals surface area contributed by atoms with Crippen molar-refractivity contribution in [3.63, 3.8) is 0 Å². The third-order valence-electron chi connectivity index (χ3n) is 3.89. The maximum atomic E-state index is 12.1. The number of rotatable bonds is 8. The molecule has 2 aromatic rings. The molecular weight excluding hydrogens is 320 g/mol. The van der Waals surface area contributed by atoms with E-state index in [0.29, 0.717) is 23.8 Å². The maximum Gasteiger partial charge on any atom is 0.308 e. The molecule has 0 saturated carbocycles. The van der Waals surface area contributed by atoms with Crippen LogP contribution < -0.4 is 5.32 Å². The molecule has 0 aliphatic carbocycles. The highest BCUT2D eigenvalue weighted by Gasteiger charge is 2.20. The Morgan fingerprint density at radius 1 is 1.24 bits per heavy atom. The number of nitrogens with zero attached hydrogens (tertiary/aromatic N) is 1. The predicted octanol–water partition coefficient (Wildman–Crippen LogP) is 3.06. The molecule has 0 bridgehead atoms. The van der Waals surface area contributed by atoms with Gasteiger partial charge in [0.25, 0.3) is 0 Å². The molecule has 6 nitrogen and oxygen atoms in total. The van der Waals surface area contributed by atoms with Crippen molar-refractivity contribution in [3.05, 3.63) is 41.8 Å². The number of aryl methyl sites for hydroxylation is 1. The summed E-state index contributed by atoms with van der Waals surface area (Å²) in [6.45, 7) is 5.80. The van der Waals surface area contributed by atoms with Crippen LogP contribution in [0.1, 0.15) is 31.7 Å². The second kappa shape index (κ2) is 8.46. The SMILES string of the molecule is Cc1oc(-c2ccccc2)nc1CC(=O)NCC(CC(C)C)C(=O)O. The van der Waals surface area contributed by atoms with Gasteiger partial charge in [-0.2, -0.15) is 0 Å². The number of hydrogen-bond acceptors (Lipinski definition) is 4. The van der Waals surface area contributed by atoms with E-state index in [-0.39, 0.29) is 24.8 Å². The molecular formula is C19H24N2O4. The van der Waals surface area contributed by atoms with E-state index < -0.39 is 11.9 Å². The van der Waals surface area contributed by atoms with Crippen LogP contribution in [0.2, 0.25) is 0 Å². The Kier molecular flexibility index (Phi) is 6.33. The van der Waals surface area contributed by atoms with Gasteiger partial charge in [0, 0.05) is 12.1 Å². The topological polar surface area (TPSA) is 92.4 Å². The molecule has 1 aromatic heterocycles. The van der Waals surface area contributed by atoms with Crippen LogP contribution in [-0.2, 0) is 16.0 Å². The highest BCUT2D eigenvalue weighted by atomic mass is 16.4. The molecule has 6 heteroatoms. The number of carboxylic acid groups (broad SMARTS) is 1. The molecule has 0 aliphatic heterocycles. The van der Waals surface area contributed by atoms with Crippen LogP contribution in [0.5, 0.6) is 0 Å². The molecule has 0 radical (unpaired) electrons. The summed E-state index contributed by atoms with van der Waals surface area (Å²) in [5, 5.41) is 11.9. The lowest BCUT2D eigenvalue weighted by Crippen LogP contribution is -2.34. The summed E-state index contributed by atoms with van der Waals surface area (Å²) in [6, 6.07) is 9.46. The van der Waals surface area contributed by atoms with E-state index in [1.807, 2.05) is 44.2 Å². The van der Waals surface area contributed by atoms with E-state index in [2.05, 4.69) is 10.3 Å². The minimum absolute atomic E-state index is 0.0657. The van der Waals surface area contributed by atoms with Gasteiger partial charge in [0.05, 0.1) is 18.0 Å². The Morgan fingerprint density at radius 3 is 2.52 bits per heavy atom. The summed E-state index contributed by atoms with van der Waals surface area (Å²) in [5.74, 6) is -0.412. The van der Waals surface area contributed by atoms with Crippen molar-refractivity contribution in [3.8, 4) is 11.5 Å². The Bertz CT molecular complexity index is 722. The third kappa shape index (κ3) is 5.45. The maximum absolute atomic E-state index is 12.1. The summed E-state index contributed by atoms with van der Waals surface area (Å²) in [4.78, 5) is 27.8. The molecule has 0 fully saturated rings. The van der Waals surface area contributed by atoms with Crippen molar-refractivity contribution < 1.29 is 19.1 Å². The first kappa shape index (κ1) is 18.7.